The number of hydrogen-bond donors (Lipinski definition) is 1. The van der Waals surface area contributed by atoms with Crippen LogP contribution in [0.1, 0.15) is 59.1 Å². The monoisotopic (exact) mass is 583 g/mol. The summed E-state index contributed by atoms with van der Waals surface area (Å²) in [6, 6.07) is 11.2. The van der Waals surface area contributed by atoms with Crippen LogP contribution in [0.3, 0.4) is 0 Å². The second-order valence-corrected chi connectivity index (χ2v) is 13.6. The summed E-state index contributed by atoms with van der Waals surface area (Å²) in [5.74, 6) is -0.601. The number of sulfonamides is 1. The second kappa shape index (κ2) is 13.2. The van der Waals surface area contributed by atoms with E-state index in [0.717, 1.165) is 16.1 Å². The van der Waals surface area contributed by atoms with E-state index >= 15 is 0 Å². The maximum atomic E-state index is 13.8. The van der Waals surface area contributed by atoms with Crippen molar-refractivity contribution in [3.05, 3.63) is 63.6 Å². The van der Waals surface area contributed by atoms with Crippen LogP contribution >= 0.6 is 23.2 Å². The molecule has 0 spiro atoms. The number of carbonyl (C=O) groups is 2. The second-order valence-electron chi connectivity index (χ2n) is 10.9. The van der Waals surface area contributed by atoms with Crippen LogP contribution < -0.4 is 9.62 Å². The summed E-state index contributed by atoms with van der Waals surface area (Å²) in [5, 5.41) is 3.69. The topological polar surface area (TPSA) is 86.8 Å². The molecule has 0 saturated carbocycles. The Morgan fingerprint density at radius 1 is 1.03 bits per heavy atom. The maximum Gasteiger partial charge on any atom is 0.244 e. The highest BCUT2D eigenvalue weighted by molar-refractivity contribution is 7.92. The van der Waals surface area contributed by atoms with Crippen LogP contribution in [0.15, 0.2) is 42.5 Å². The summed E-state index contributed by atoms with van der Waals surface area (Å²) >= 11 is 12.5. The standard InChI is InChI=1S/C28H39Cl2N3O4S/c1-8-25(27(35)31-16-19(2)3)32(17-20-9-12-22(29)15-24(20)30)26(34)18-33(38(7,36)37)23-13-10-21(11-14-23)28(4,5)6/h9-15,19,25H,8,16-18H2,1-7H3,(H,31,35)/t25-/m0/s1. The lowest BCUT2D eigenvalue weighted by Crippen LogP contribution is -2.52. The molecule has 0 bridgehead atoms. The predicted molar refractivity (Wildman–Crippen MR) is 156 cm³/mol. The molecule has 210 valence electrons. The fourth-order valence-electron chi connectivity index (χ4n) is 3.92. The molecule has 2 aromatic carbocycles. The number of rotatable bonds is 11. The zero-order valence-electron chi connectivity index (χ0n) is 23.2. The van der Waals surface area contributed by atoms with E-state index in [-0.39, 0.29) is 23.8 Å². The van der Waals surface area contributed by atoms with Gasteiger partial charge in [-0.2, -0.15) is 0 Å². The molecular formula is C28H39Cl2N3O4S. The highest BCUT2D eigenvalue weighted by atomic mass is 35.5. The van der Waals surface area contributed by atoms with Crippen molar-refractivity contribution in [2.45, 2.75) is 66.0 Å². The van der Waals surface area contributed by atoms with E-state index in [0.29, 0.717) is 34.3 Å². The Morgan fingerprint density at radius 3 is 2.11 bits per heavy atom. The number of halogens is 2. The average molecular weight is 585 g/mol. The fraction of sp³-hybridized carbons (Fsp3) is 0.500. The third-order valence-electron chi connectivity index (χ3n) is 6.13. The molecule has 7 nitrogen and oxygen atoms in total. The van der Waals surface area contributed by atoms with Crippen LogP contribution in [0.2, 0.25) is 10.0 Å². The van der Waals surface area contributed by atoms with Gasteiger partial charge in [0.2, 0.25) is 21.8 Å². The van der Waals surface area contributed by atoms with E-state index in [1.54, 1.807) is 30.3 Å². The molecule has 10 heteroatoms. The minimum atomic E-state index is -3.81. The smallest absolute Gasteiger partial charge is 0.244 e. The van der Waals surface area contributed by atoms with Crippen LogP contribution in [0, 0.1) is 5.92 Å². The normalized spacial score (nSPS) is 12.8. The molecule has 1 atom stereocenters. The van der Waals surface area contributed by atoms with E-state index in [4.69, 9.17) is 23.2 Å². The number of carbonyl (C=O) groups excluding carboxylic acids is 2. The number of hydrogen-bond acceptors (Lipinski definition) is 4. The van der Waals surface area contributed by atoms with Gasteiger partial charge in [-0.05, 0) is 53.1 Å². The Kier molecular flexibility index (Phi) is 11.1. The number of nitrogens with zero attached hydrogens (tertiary/aromatic N) is 2. The molecule has 1 N–H and O–H groups in total. The van der Waals surface area contributed by atoms with E-state index in [1.807, 2.05) is 32.9 Å². The summed E-state index contributed by atoms with van der Waals surface area (Å²) in [6.45, 7) is 12.0. The van der Waals surface area contributed by atoms with Gasteiger partial charge in [0.05, 0.1) is 11.9 Å². The molecule has 0 radical (unpaired) electrons. The Labute approximate surface area is 237 Å². The number of anilines is 1. The highest BCUT2D eigenvalue weighted by Crippen LogP contribution is 2.27. The van der Waals surface area contributed by atoms with Crippen LogP contribution in [0.4, 0.5) is 5.69 Å². The lowest BCUT2D eigenvalue weighted by atomic mass is 9.87. The first-order chi connectivity index (χ1) is 17.5. The average Bonchev–Trinajstić information content (AvgIpc) is 2.81. The first-order valence-electron chi connectivity index (χ1n) is 12.6. The van der Waals surface area contributed by atoms with Crippen molar-refractivity contribution < 1.29 is 18.0 Å². The van der Waals surface area contributed by atoms with Gasteiger partial charge in [0, 0.05) is 23.1 Å². The fourth-order valence-corrected chi connectivity index (χ4v) is 5.23. The lowest BCUT2D eigenvalue weighted by Gasteiger charge is -2.33. The summed E-state index contributed by atoms with van der Waals surface area (Å²) < 4.78 is 26.7. The third-order valence-corrected chi connectivity index (χ3v) is 7.85. The molecule has 0 aliphatic rings. The van der Waals surface area contributed by atoms with Gasteiger partial charge in [0.15, 0.2) is 0 Å². The van der Waals surface area contributed by atoms with Crippen LogP contribution in [-0.4, -0.2) is 50.5 Å². The van der Waals surface area contributed by atoms with Crippen LogP contribution in [0.25, 0.3) is 0 Å². The largest absolute Gasteiger partial charge is 0.354 e. The Hall–Kier alpha value is -2.29. The van der Waals surface area contributed by atoms with Gasteiger partial charge in [0.1, 0.15) is 12.6 Å². The zero-order chi connectivity index (χ0) is 28.8. The van der Waals surface area contributed by atoms with Gasteiger partial charge >= 0.3 is 0 Å². The number of amides is 2. The predicted octanol–water partition coefficient (Wildman–Crippen LogP) is 5.64. The van der Waals surface area contributed by atoms with Crippen LogP contribution in [-0.2, 0) is 31.6 Å². The van der Waals surface area contributed by atoms with Gasteiger partial charge < -0.3 is 10.2 Å². The van der Waals surface area contributed by atoms with E-state index in [1.165, 1.54) is 4.90 Å². The molecule has 2 rings (SSSR count). The van der Waals surface area contributed by atoms with E-state index in [2.05, 4.69) is 26.1 Å². The highest BCUT2D eigenvalue weighted by Gasteiger charge is 2.32. The van der Waals surface area contributed by atoms with Crippen molar-refractivity contribution in [1.82, 2.24) is 10.2 Å². The zero-order valence-corrected chi connectivity index (χ0v) is 25.5. The minimum Gasteiger partial charge on any atom is -0.354 e. The molecule has 0 aromatic heterocycles. The molecule has 0 heterocycles. The third kappa shape index (κ3) is 8.89. The van der Waals surface area contributed by atoms with E-state index in [9.17, 15) is 18.0 Å². The SMILES string of the molecule is CC[C@@H](C(=O)NCC(C)C)N(Cc1ccc(Cl)cc1Cl)C(=O)CN(c1ccc(C(C)(C)C)cc1)S(C)(=O)=O. The molecule has 38 heavy (non-hydrogen) atoms. The van der Waals surface area contributed by atoms with Crippen molar-refractivity contribution in [2.24, 2.45) is 5.92 Å². The van der Waals surface area contributed by atoms with Crippen molar-refractivity contribution in [1.29, 1.82) is 0 Å². The van der Waals surface area contributed by atoms with Gasteiger partial charge in [-0.1, -0.05) is 82.9 Å². The number of benzene rings is 2. The summed E-state index contributed by atoms with van der Waals surface area (Å²) in [4.78, 5) is 28.3. The Morgan fingerprint density at radius 2 is 1.63 bits per heavy atom. The van der Waals surface area contributed by atoms with Gasteiger partial charge in [-0.3, -0.25) is 13.9 Å². The molecule has 0 aliphatic heterocycles. The lowest BCUT2D eigenvalue weighted by molar-refractivity contribution is -0.140. The summed E-state index contributed by atoms with van der Waals surface area (Å²) in [7, 11) is -3.81. The van der Waals surface area contributed by atoms with Crippen molar-refractivity contribution >= 4 is 50.7 Å². The van der Waals surface area contributed by atoms with Crippen molar-refractivity contribution in [2.75, 3.05) is 23.7 Å². The molecule has 2 aromatic rings. The van der Waals surface area contributed by atoms with E-state index < -0.39 is 28.5 Å². The molecule has 0 saturated heterocycles. The Balaban J connectivity index is 2.47. The summed E-state index contributed by atoms with van der Waals surface area (Å²) in [5.41, 5.74) is 1.89. The number of nitrogens with one attached hydrogen (secondary N) is 1. The van der Waals surface area contributed by atoms with Crippen molar-refractivity contribution in [3.63, 3.8) is 0 Å². The van der Waals surface area contributed by atoms with Crippen molar-refractivity contribution in [3.8, 4) is 0 Å². The molecule has 0 unspecified atom stereocenters. The molecule has 0 fully saturated rings. The molecule has 2 amide bonds. The molecule has 0 aliphatic carbocycles. The van der Waals surface area contributed by atoms with Gasteiger partial charge in [-0.25, -0.2) is 8.42 Å². The van der Waals surface area contributed by atoms with Gasteiger partial charge in [0.25, 0.3) is 0 Å². The molecular weight excluding hydrogens is 545 g/mol. The Bertz CT molecular complexity index is 1230. The quantitative estimate of drug-likeness (QED) is 0.371. The van der Waals surface area contributed by atoms with Gasteiger partial charge in [-0.15, -0.1) is 0 Å². The van der Waals surface area contributed by atoms with Crippen LogP contribution in [0.5, 0.6) is 0 Å². The first-order valence-corrected chi connectivity index (χ1v) is 15.2. The maximum absolute atomic E-state index is 13.8. The summed E-state index contributed by atoms with van der Waals surface area (Å²) in [6.07, 6.45) is 1.39. The minimum absolute atomic E-state index is 0.0169. The first kappa shape index (κ1) is 31.9.